The summed E-state index contributed by atoms with van der Waals surface area (Å²) in [4.78, 5) is 4.24. The number of nitrogens with zero attached hydrogens (tertiary/aromatic N) is 2. The predicted molar refractivity (Wildman–Crippen MR) is 67.7 cm³/mol. The van der Waals surface area contributed by atoms with Crippen LogP contribution >= 0.6 is 0 Å². The van der Waals surface area contributed by atoms with Gasteiger partial charge in [-0.2, -0.15) is 0 Å². The molecule has 0 spiro atoms. The minimum Gasteiger partial charge on any atom is -0.352 e. The van der Waals surface area contributed by atoms with Crippen LogP contribution in [0.15, 0.2) is 12.4 Å². The van der Waals surface area contributed by atoms with E-state index in [1.807, 2.05) is 10.8 Å². The highest BCUT2D eigenvalue weighted by molar-refractivity contribution is 7.91. The molecule has 1 aromatic heterocycles. The van der Waals surface area contributed by atoms with Gasteiger partial charge >= 0.3 is 0 Å². The third kappa shape index (κ3) is 3.21. The third-order valence-electron chi connectivity index (χ3n) is 2.84. The molecular formula is C11H19N3O2S. The normalized spacial score (nSPS) is 23.1. The zero-order chi connectivity index (χ0) is 12.5. The Morgan fingerprint density at radius 3 is 2.94 bits per heavy atom. The molecule has 1 atom stereocenters. The third-order valence-corrected chi connectivity index (χ3v) is 4.61. The van der Waals surface area contributed by atoms with Crippen molar-refractivity contribution in [3.63, 3.8) is 0 Å². The lowest BCUT2D eigenvalue weighted by Crippen LogP contribution is -2.23. The summed E-state index contributed by atoms with van der Waals surface area (Å²) in [5.74, 6) is 1.83. The molecule has 0 radical (unpaired) electrons. The Hall–Kier alpha value is -1.04. The summed E-state index contributed by atoms with van der Waals surface area (Å²) in [6, 6.07) is 0.00770. The molecule has 0 amide bonds. The predicted octanol–water partition coefficient (Wildman–Crippen LogP) is 1.14. The van der Waals surface area contributed by atoms with Crippen LogP contribution < -0.4 is 5.32 Å². The highest BCUT2D eigenvalue weighted by Gasteiger charge is 2.28. The quantitative estimate of drug-likeness (QED) is 0.878. The summed E-state index contributed by atoms with van der Waals surface area (Å²) in [6.07, 6.45) is 4.34. The Balaban J connectivity index is 2.02. The Bertz CT molecular complexity index is 479. The van der Waals surface area contributed by atoms with Crippen LogP contribution in [0, 0.1) is 5.92 Å². The molecule has 1 saturated heterocycles. The topological polar surface area (TPSA) is 64.0 Å². The van der Waals surface area contributed by atoms with Crippen molar-refractivity contribution >= 4 is 15.8 Å². The van der Waals surface area contributed by atoms with Gasteiger partial charge in [0.15, 0.2) is 9.84 Å². The van der Waals surface area contributed by atoms with E-state index >= 15 is 0 Å². The van der Waals surface area contributed by atoms with E-state index in [-0.39, 0.29) is 17.5 Å². The Morgan fingerprint density at radius 2 is 2.35 bits per heavy atom. The average Bonchev–Trinajstić information content (AvgIpc) is 2.74. The van der Waals surface area contributed by atoms with Crippen molar-refractivity contribution in [2.75, 3.05) is 16.8 Å². The largest absolute Gasteiger partial charge is 0.352 e. The van der Waals surface area contributed by atoms with Crippen LogP contribution in [0.25, 0.3) is 0 Å². The van der Waals surface area contributed by atoms with E-state index in [0.717, 1.165) is 12.5 Å². The van der Waals surface area contributed by atoms with Crippen molar-refractivity contribution in [3.8, 4) is 0 Å². The lowest BCUT2D eigenvalue weighted by atomic mass is 10.2. The molecule has 96 valence electrons. The zero-order valence-corrected chi connectivity index (χ0v) is 11.1. The van der Waals surface area contributed by atoms with Gasteiger partial charge in [-0.1, -0.05) is 13.8 Å². The van der Waals surface area contributed by atoms with Crippen LogP contribution in [0.3, 0.4) is 0 Å². The van der Waals surface area contributed by atoms with Gasteiger partial charge in [0.25, 0.3) is 0 Å². The van der Waals surface area contributed by atoms with Gasteiger partial charge in [-0.15, -0.1) is 0 Å². The summed E-state index contributed by atoms with van der Waals surface area (Å²) in [5, 5.41) is 3.22. The van der Waals surface area contributed by atoms with Gasteiger partial charge in [0, 0.05) is 25.0 Å². The molecule has 1 N–H and O–H groups in total. The second-order valence-corrected chi connectivity index (χ2v) is 7.27. The molecule has 2 heterocycles. The van der Waals surface area contributed by atoms with Crippen molar-refractivity contribution in [3.05, 3.63) is 12.4 Å². The van der Waals surface area contributed by atoms with Gasteiger partial charge in [0.2, 0.25) is 5.95 Å². The van der Waals surface area contributed by atoms with Crippen LogP contribution in [-0.4, -0.2) is 35.5 Å². The lowest BCUT2D eigenvalue weighted by molar-refractivity contribution is 0.524. The van der Waals surface area contributed by atoms with Crippen molar-refractivity contribution in [1.82, 2.24) is 9.55 Å². The summed E-state index contributed by atoms with van der Waals surface area (Å²) in [7, 11) is -2.83. The molecule has 17 heavy (non-hydrogen) atoms. The van der Waals surface area contributed by atoms with Gasteiger partial charge in [0.1, 0.15) is 0 Å². The second kappa shape index (κ2) is 4.68. The molecule has 1 aliphatic heterocycles. The zero-order valence-electron chi connectivity index (χ0n) is 10.3. The van der Waals surface area contributed by atoms with Crippen molar-refractivity contribution < 1.29 is 8.42 Å². The molecule has 1 unspecified atom stereocenters. The average molecular weight is 257 g/mol. The van der Waals surface area contributed by atoms with Crippen LogP contribution in [0.4, 0.5) is 5.95 Å². The Labute approximate surface area is 102 Å². The highest BCUT2D eigenvalue weighted by atomic mass is 32.2. The number of hydrogen-bond acceptors (Lipinski definition) is 4. The van der Waals surface area contributed by atoms with E-state index in [1.54, 1.807) is 6.20 Å². The smallest absolute Gasteiger partial charge is 0.203 e. The molecule has 0 bridgehead atoms. The number of aromatic nitrogens is 2. The maximum Gasteiger partial charge on any atom is 0.203 e. The van der Waals surface area contributed by atoms with Gasteiger partial charge in [-0.05, 0) is 12.3 Å². The summed E-state index contributed by atoms with van der Waals surface area (Å²) in [5.41, 5.74) is 0. The lowest BCUT2D eigenvalue weighted by Gasteiger charge is -2.15. The van der Waals surface area contributed by atoms with Crippen molar-refractivity contribution in [1.29, 1.82) is 0 Å². The number of anilines is 1. The van der Waals surface area contributed by atoms with Crippen LogP contribution in [0.5, 0.6) is 0 Å². The fraction of sp³-hybridized carbons (Fsp3) is 0.727. The molecule has 0 saturated carbocycles. The van der Waals surface area contributed by atoms with Crippen LogP contribution in [0.2, 0.25) is 0 Å². The van der Waals surface area contributed by atoms with E-state index < -0.39 is 9.84 Å². The fourth-order valence-corrected chi connectivity index (χ4v) is 3.75. The van der Waals surface area contributed by atoms with E-state index in [4.69, 9.17) is 0 Å². The molecule has 6 heteroatoms. The maximum absolute atomic E-state index is 11.4. The fourth-order valence-electron chi connectivity index (χ4n) is 2.08. The first-order valence-electron chi connectivity index (χ1n) is 5.94. The molecule has 0 aliphatic carbocycles. The minimum atomic E-state index is -2.83. The molecule has 1 aliphatic rings. The standard InChI is InChI=1S/C11H19N3O2S/c1-9(2)7-14-5-4-12-11(14)13-10-3-6-17(15,16)8-10/h4-5,9-10H,3,6-8H2,1-2H3,(H,12,13). The van der Waals surface area contributed by atoms with E-state index in [1.165, 1.54) is 0 Å². The van der Waals surface area contributed by atoms with Gasteiger partial charge in [-0.25, -0.2) is 13.4 Å². The van der Waals surface area contributed by atoms with Gasteiger partial charge < -0.3 is 9.88 Å². The van der Waals surface area contributed by atoms with Gasteiger partial charge in [0.05, 0.1) is 11.5 Å². The van der Waals surface area contributed by atoms with Crippen molar-refractivity contribution in [2.45, 2.75) is 32.9 Å². The number of imidazole rings is 1. The Morgan fingerprint density at radius 1 is 1.59 bits per heavy atom. The van der Waals surface area contributed by atoms with Crippen LogP contribution in [0.1, 0.15) is 20.3 Å². The highest BCUT2D eigenvalue weighted by Crippen LogP contribution is 2.17. The molecular weight excluding hydrogens is 238 g/mol. The van der Waals surface area contributed by atoms with Gasteiger partial charge in [-0.3, -0.25) is 0 Å². The van der Waals surface area contributed by atoms with Crippen LogP contribution in [-0.2, 0) is 16.4 Å². The van der Waals surface area contributed by atoms with E-state index in [9.17, 15) is 8.42 Å². The number of rotatable bonds is 4. The molecule has 1 fully saturated rings. The SMILES string of the molecule is CC(C)Cn1ccnc1NC1CCS(=O)(=O)C1. The molecule has 2 rings (SSSR count). The molecule has 0 aromatic carbocycles. The molecule has 5 nitrogen and oxygen atoms in total. The number of sulfone groups is 1. The first-order valence-corrected chi connectivity index (χ1v) is 7.76. The second-order valence-electron chi connectivity index (χ2n) is 5.04. The monoisotopic (exact) mass is 257 g/mol. The Kier molecular flexibility index (Phi) is 3.42. The summed E-state index contributed by atoms with van der Waals surface area (Å²) >= 11 is 0. The van der Waals surface area contributed by atoms with E-state index in [2.05, 4.69) is 24.1 Å². The number of hydrogen-bond donors (Lipinski definition) is 1. The molecule has 1 aromatic rings. The van der Waals surface area contributed by atoms with E-state index in [0.29, 0.717) is 12.3 Å². The minimum absolute atomic E-state index is 0.00770. The van der Waals surface area contributed by atoms with Crippen molar-refractivity contribution in [2.24, 2.45) is 5.92 Å². The first kappa shape index (κ1) is 12.4. The summed E-state index contributed by atoms with van der Waals surface area (Å²) < 4.78 is 24.8. The summed E-state index contributed by atoms with van der Waals surface area (Å²) in [6.45, 7) is 5.18. The number of nitrogens with one attached hydrogen (secondary N) is 1. The maximum atomic E-state index is 11.4. The first-order chi connectivity index (χ1) is 7.96.